The largest absolute Gasteiger partial charge is 0.312 e. The van der Waals surface area contributed by atoms with Crippen molar-refractivity contribution in [2.24, 2.45) is 0 Å². The van der Waals surface area contributed by atoms with E-state index < -0.39 is 10.0 Å². The maximum absolute atomic E-state index is 12.5. The van der Waals surface area contributed by atoms with E-state index in [1.807, 2.05) is 0 Å². The van der Waals surface area contributed by atoms with Crippen LogP contribution >= 0.6 is 27.3 Å². The number of sulfonamides is 1. The predicted octanol–water partition coefficient (Wildman–Crippen LogP) is 3.09. The van der Waals surface area contributed by atoms with Crippen LogP contribution in [0.5, 0.6) is 0 Å². The molecule has 1 aromatic heterocycles. The van der Waals surface area contributed by atoms with E-state index in [4.69, 9.17) is 0 Å². The Morgan fingerprint density at radius 2 is 1.95 bits per heavy atom. The van der Waals surface area contributed by atoms with Crippen molar-refractivity contribution in [2.45, 2.75) is 36.6 Å². The molecule has 1 aliphatic rings. The highest BCUT2D eigenvalue weighted by molar-refractivity contribution is 9.10. The molecule has 22 heavy (non-hydrogen) atoms. The van der Waals surface area contributed by atoms with Crippen molar-refractivity contribution in [2.75, 3.05) is 0 Å². The lowest BCUT2D eigenvalue weighted by atomic mass is 10.2. The Morgan fingerprint density at radius 3 is 2.59 bits per heavy atom. The van der Waals surface area contributed by atoms with Crippen LogP contribution in [-0.2, 0) is 10.0 Å². The summed E-state index contributed by atoms with van der Waals surface area (Å²) in [5.41, 5.74) is 1.29. The zero-order valence-electron chi connectivity index (χ0n) is 11.6. The number of aromatic nitrogens is 1. The minimum Gasteiger partial charge on any atom is -0.312 e. The third-order valence-corrected chi connectivity index (χ3v) is 6.32. The van der Waals surface area contributed by atoms with Crippen molar-refractivity contribution in [3.8, 4) is 11.3 Å². The zero-order chi connectivity index (χ0) is 15.7. The standard InChI is InChI=1S/C14H15BrN2O3S2/c15-10-5-9(13-8-21-14(18)16-13)6-12(7-10)22(19,20)17-11-3-1-2-4-11/h5-8,11,17H,1-4H2,(H,16,18). The molecule has 0 amide bonds. The lowest BCUT2D eigenvalue weighted by Crippen LogP contribution is -2.32. The molecule has 2 aromatic rings. The van der Waals surface area contributed by atoms with E-state index in [9.17, 15) is 13.2 Å². The molecule has 1 aliphatic carbocycles. The summed E-state index contributed by atoms with van der Waals surface area (Å²) >= 11 is 4.39. The first-order valence-corrected chi connectivity index (χ1v) is 10.1. The molecule has 1 aromatic carbocycles. The van der Waals surface area contributed by atoms with Crippen molar-refractivity contribution in [3.63, 3.8) is 0 Å². The molecule has 0 unspecified atom stereocenters. The monoisotopic (exact) mass is 402 g/mol. The number of nitrogens with one attached hydrogen (secondary N) is 2. The fraction of sp³-hybridized carbons (Fsp3) is 0.357. The van der Waals surface area contributed by atoms with Crippen LogP contribution in [0.4, 0.5) is 0 Å². The van der Waals surface area contributed by atoms with Gasteiger partial charge in [0.2, 0.25) is 10.0 Å². The molecule has 118 valence electrons. The summed E-state index contributed by atoms with van der Waals surface area (Å²) in [7, 11) is -3.56. The number of hydrogen-bond acceptors (Lipinski definition) is 4. The molecule has 5 nitrogen and oxygen atoms in total. The van der Waals surface area contributed by atoms with Crippen molar-refractivity contribution < 1.29 is 8.42 Å². The Bertz CT molecular complexity index is 836. The number of benzene rings is 1. The summed E-state index contributed by atoms with van der Waals surface area (Å²) in [6, 6.07) is 4.96. The van der Waals surface area contributed by atoms with Crippen LogP contribution in [-0.4, -0.2) is 19.4 Å². The van der Waals surface area contributed by atoms with Gasteiger partial charge in [-0.25, -0.2) is 13.1 Å². The van der Waals surface area contributed by atoms with Crippen LogP contribution in [0.3, 0.4) is 0 Å². The second-order valence-corrected chi connectivity index (χ2v) is 8.81. The van der Waals surface area contributed by atoms with Crippen molar-refractivity contribution in [1.82, 2.24) is 9.71 Å². The highest BCUT2D eigenvalue weighted by Crippen LogP contribution is 2.27. The van der Waals surface area contributed by atoms with Crippen LogP contribution in [0.15, 0.2) is 37.7 Å². The van der Waals surface area contributed by atoms with Gasteiger partial charge in [0.05, 0.1) is 10.6 Å². The third kappa shape index (κ3) is 3.51. The average molecular weight is 403 g/mol. The summed E-state index contributed by atoms with van der Waals surface area (Å²) < 4.78 is 28.5. The van der Waals surface area contributed by atoms with E-state index in [1.54, 1.807) is 23.6 Å². The van der Waals surface area contributed by atoms with Crippen LogP contribution in [0.1, 0.15) is 25.7 Å². The molecular formula is C14H15BrN2O3S2. The summed E-state index contributed by atoms with van der Waals surface area (Å²) in [4.78, 5) is 14.0. The van der Waals surface area contributed by atoms with Gasteiger partial charge >= 0.3 is 4.87 Å². The molecule has 0 saturated heterocycles. The summed E-state index contributed by atoms with van der Waals surface area (Å²) in [5, 5.41) is 1.69. The minimum atomic E-state index is -3.56. The van der Waals surface area contributed by atoms with E-state index in [0.717, 1.165) is 37.0 Å². The second kappa shape index (κ2) is 6.27. The fourth-order valence-electron chi connectivity index (χ4n) is 2.63. The Morgan fingerprint density at radius 1 is 1.23 bits per heavy atom. The van der Waals surface area contributed by atoms with Crippen molar-refractivity contribution in [1.29, 1.82) is 0 Å². The van der Waals surface area contributed by atoms with Gasteiger partial charge in [0.1, 0.15) is 0 Å². The zero-order valence-corrected chi connectivity index (χ0v) is 14.9. The topological polar surface area (TPSA) is 79.0 Å². The number of H-pyrrole nitrogens is 1. The molecule has 2 N–H and O–H groups in total. The Balaban J connectivity index is 1.96. The van der Waals surface area contributed by atoms with Gasteiger partial charge in [0.15, 0.2) is 0 Å². The molecule has 0 spiro atoms. The van der Waals surface area contributed by atoms with E-state index in [1.165, 1.54) is 0 Å². The maximum Gasteiger partial charge on any atom is 0.304 e. The Labute approximate surface area is 141 Å². The second-order valence-electron chi connectivity index (χ2n) is 5.34. The Hall–Kier alpha value is -0.960. The molecule has 0 bridgehead atoms. The third-order valence-electron chi connectivity index (χ3n) is 3.69. The van der Waals surface area contributed by atoms with Crippen molar-refractivity contribution >= 4 is 37.3 Å². The van der Waals surface area contributed by atoms with E-state index in [-0.39, 0.29) is 15.8 Å². The van der Waals surface area contributed by atoms with Gasteiger partial charge in [-0.05, 0) is 31.0 Å². The first kappa shape index (κ1) is 15.9. The van der Waals surface area contributed by atoms with Gasteiger partial charge in [-0.2, -0.15) is 0 Å². The molecular weight excluding hydrogens is 388 g/mol. The lowest BCUT2D eigenvalue weighted by Gasteiger charge is -2.13. The molecule has 0 aliphatic heterocycles. The summed E-state index contributed by atoms with van der Waals surface area (Å²) in [6.45, 7) is 0. The fourth-order valence-corrected chi connectivity index (χ4v) is 5.23. The number of rotatable bonds is 4. The average Bonchev–Trinajstić information content (AvgIpc) is 3.09. The first-order chi connectivity index (χ1) is 10.4. The van der Waals surface area contributed by atoms with Crippen LogP contribution in [0.25, 0.3) is 11.3 Å². The number of hydrogen-bond donors (Lipinski definition) is 2. The quantitative estimate of drug-likeness (QED) is 0.824. The van der Waals surface area contributed by atoms with E-state index in [2.05, 4.69) is 25.6 Å². The number of halogens is 1. The number of aromatic amines is 1. The van der Waals surface area contributed by atoms with Gasteiger partial charge < -0.3 is 4.98 Å². The van der Waals surface area contributed by atoms with Gasteiger partial charge in [-0.3, -0.25) is 4.79 Å². The molecule has 8 heteroatoms. The summed E-state index contributed by atoms with van der Waals surface area (Å²) in [6.07, 6.45) is 3.90. The van der Waals surface area contributed by atoms with E-state index in [0.29, 0.717) is 15.7 Å². The molecule has 1 fully saturated rings. The first-order valence-electron chi connectivity index (χ1n) is 6.95. The van der Waals surface area contributed by atoms with Gasteiger partial charge in [0, 0.05) is 21.5 Å². The predicted molar refractivity (Wildman–Crippen MR) is 90.7 cm³/mol. The minimum absolute atomic E-state index is 0.0217. The summed E-state index contributed by atoms with van der Waals surface area (Å²) in [5.74, 6) is 0. The van der Waals surface area contributed by atoms with Gasteiger partial charge in [-0.1, -0.05) is 40.1 Å². The SMILES string of the molecule is O=c1[nH]c(-c2cc(Br)cc(S(=O)(=O)NC3CCCC3)c2)cs1. The van der Waals surface area contributed by atoms with Crippen molar-refractivity contribution in [3.05, 3.63) is 37.7 Å². The Kier molecular flexibility index (Phi) is 4.54. The highest BCUT2D eigenvalue weighted by Gasteiger charge is 2.23. The van der Waals surface area contributed by atoms with E-state index >= 15 is 0 Å². The van der Waals surface area contributed by atoms with Crippen LogP contribution < -0.4 is 9.60 Å². The highest BCUT2D eigenvalue weighted by atomic mass is 79.9. The molecule has 0 radical (unpaired) electrons. The van der Waals surface area contributed by atoms with Gasteiger partial charge in [-0.15, -0.1) is 0 Å². The smallest absolute Gasteiger partial charge is 0.304 e. The number of thiazole rings is 1. The molecule has 1 heterocycles. The molecule has 1 saturated carbocycles. The van der Waals surface area contributed by atoms with Gasteiger partial charge in [0.25, 0.3) is 0 Å². The van der Waals surface area contributed by atoms with Crippen LogP contribution in [0.2, 0.25) is 0 Å². The molecule has 0 atom stereocenters. The lowest BCUT2D eigenvalue weighted by molar-refractivity contribution is 0.552. The molecule has 3 rings (SSSR count). The normalized spacial score (nSPS) is 16.2. The van der Waals surface area contributed by atoms with Crippen LogP contribution in [0, 0.1) is 0 Å². The maximum atomic E-state index is 12.5.